The summed E-state index contributed by atoms with van der Waals surface area (Å²) in [7, 11) is 0. The lowest BCUT2D eigenvalue weighted by atomic mass is 9.98. The van der Waals surface area contributed by atoms with Crippen molar-refractivity contribution in [2.45, 2.75) is 58.0 Å². The minimum atomic E-state index is -0.981. The molecule has 0 aromatic heterocycles. The van der Waals surface area contributed by atoms with Crippen LogP contribution in [-0.2, 0) is 14.3 Å². The predicted molar refractivity (Wildman–Crippen MR) is 126 cm³/mol. The predicted octanol–water partition coefficient (Wildman–Crippen LogP) is 4.31. The Kier molecular flexibility index (Phi) is 8.09. The number of nitrogens with one attached hydrogen (secondary N) is 2. The first-order valence-electron chi connectivity index (χ1n) is 11.5. The molecule has 0 saturated heterocycles. The Bertz CT molecular complexity index is 958. The van der Waals surface area contributed by atoms with Gasteiger partial charge in [0.25, 0.3) is 0 Å². The van der Waals surface area contributed by atoms with Crippen LogP contribution in [0, 0.1) is 5.92 Å². The second-order valence-corrected chi connectivity index (χ2v) is 8.77. The molecule has 176 valence electrons. The fraction of sp³-hybridized carbons (Fsp3) is 0.423. The number of rotatable bonds is 10. The lowest BCUT2D eigenvalue weighted by Crippen LogP contribution is -2.51. The van der Waals surface area contributed by atoms with Crippen LogP contribution in [0.15, 0.2) is 48.5 Å². The van der Waals surface area contributed by atoms with Gasteiger partial charge in [-0.3, -0.25) is 9.59 Å². The molecule has 2 aromatic carbocycles. The summed E-state index contributed by atoms with van der Waals surface area (Å²) < 4.78 is 5.56. The Balaban J connectivity index is 1.64. The van der Waals surface area contributed by atoms with Crippen LogP contribution in [0.1, 0.15) is 57.1 Å². The Hall–Kier alpha value is -3.35. The Labute approximate surface area is 194 Å². The van der Waals surface area contributed by atoms with Crippen molar-refractivity contribution < 1.29 is 24.2 Å². The van der Waals surface area contributed by atoms with Crippen LogP contribution in [0.25, 0.3) is 11.1 Å². The Morgan fingerprint density at radius 2 is 1.55 bits per heavy atom. The first-order chi connectivity index (χ1) is 15.8. The summed E-state index contributed by atoms with van der Waals surface area (Å²) in [6.45, 7) is 5.77. The Morgan fingerprint density at radius 3 is 2.06 bits per heavy atom. The molecule has 0 fully saturated rings. The zero-order valence-electron chi connectivity index (χ0n) is 19.3. The molecule has 0 spiro atoms. The lowest BCUT2D eigenvalue weighted by Gasteiger charge is -2.25. The van der Waals surface area contributed by atoms with Gasteiger partial charge in [0.15, 0.2) is 0 Å². The minimum absolute atomic E-state index is 0.0539. The van der Waals surface area contributed by atoms with E-state index in [0.29, 0.717) is 12.8 Å². The van der Waals surface area contributed by atoms with Crippen molar-refractivity contribution in [3.05, 3.63) is 59.7 Å². The standard InChI is InChI=1S/C26H32N2O5/c1-4-9-22(25(31)27-23(16(2)3)14-24(29)30)28-26(32)33-15-21-19-12-7-5-10-17(19)18-11-6-8-13-20(18)21/h5-8,10-13,16,21-23H,4,9,14-15H2,1-3H3,(H,27,31)(H,28,32)(H,29,30)/t22?,23-/m0/s1. The maximum Gasteiger partial charge on any atom is 0.407 e. The summed E-state index contributed by atoms with van der Waals surface area (Å²) in [4.78, 5) is 36.5. The molecule has 0 radical (unpaired) electrons. The third kappa shape index (κ3) is 5.92. The number of alkyl carbamates (subject to hydrolysis) is 1. The molecule has 2 amide bonds. The van der Waals surface area contributed by atoms with E-state index in [-0.39, 0.29) is 24.9 Å². The van der Waals surface area contributed by atoms with Crippen molar-refractivity contribution in [1.82, 2.24) is 10.6 Å². The van der Waals surface area contributed by atoms with Crippen molar-refractivity contribution in [3.63, 3.8) is 0 Å². The van der Waals surface area contributed by atoms with Gasteiger partial charge in [-0.25, -0.2) is 4.79 Å². The average Bonchev–Trinajstić information content (AvgIpc) is 3.10. The second kappa shape index (κ2) is 11.0. The van der Waals surface area contributed by atoms with Gasteiger partial charge in [-0.15, -0.1) is 0 Å². The molecule has 0 saturated carbocycles. The number of amides is 2. The largest absolute Gasteiger partial charge is 0.481 e. The minimum Gasteiger partial charge on any atom is -0.481 e. The van der Waals surface area contributed by atoms with Crippen LogP contribution in [0.4, 0.5) is 4.79 Å². The molecule has 0 heterocycles. The number of hydrogen-bond acceptors (Lipinski definition) is 4. The number of carbonyl (C=O) groups is 3. The summed E-state index contributed by atoms with van der Waals surface area (Å²) in [5, 5.41) is 14.5. The summed E-state index contributed by atoms with van der Waals surface area (Å²) in [5.41, 5.74) is 4.51. The number of fused-ring (bicyclic) bond motifs is 3. The number of ether oxygens (including phenoxy) is 1. The number of benzene rings is 2. The molecule has 7 heteroatoms. The molecular weight excluding hydrogens is 420 g/mol. The summed E-state index contributed by atoms with van der Waals surface area (Å²) in [6.07, 6.45) is 0.263. The molecule has 0 bridgehead atoms. The van der Waals surface area contributed by atoms with E-state index in [1.807, 2.05) is 57.2 Å². The molecule has 1 aliphatic carbocycles. The van der Waals surface area contributed by atoms with E-state index in [1.165, 1.54) is 0 Å². The molecule has 1 unspecified atom stereocenters. The topological polar surface area (TPSA) is 105 Å². The van der Waals surface area contributed by atoms with E-state index in [9.17, 15) is 14.4 Å². The second-order valence-electron chi connectivity index (χ2n) is 8.77. The van der Waals surface area contributed by atoms with Crippen molar-refractivity contribution in [1.29, 1.82) is 0 Å². The van der Waals surface area contributed by atoms with Crippen LogP contribution in [0.3, 0.4) is 0 Å². The zero-order valence-corrected chi connectivity index (χ0v) is 19.3. The van der Waals surface area contributed by atoms with E-state index in [1.54, 1.807) is 0 Å². The fourth-order valence-electron chi connectivity index (χ4n) is 4.26. The highest BCUT2D eigenvalue weighted by Gasteiger charge is 2.30. The third-order valence-corrected chi connectivity index (χ3v) is 6.06. The molecule has 0 aliphatic heterocycles. The van der Waals surface area contributed by atoms with E-state index in [0.717, 1.165) is 22.3 Å². The third-order valence-electron chi connectivity index (χ3n) is 6.06. The average molecular weight is 453 g/mol. The highest BCUT2D eigenvalue weighted by molar-refractivity contribution is 5.86. The molecule has 1 aliphatic rings. The van der Waals surface area contributed by atoms with Crippen molar-refractivity contribution >= 4 is 18.0 Å². The summed E-state index contributed by atoms with van der Waals surface area (Å²) in [5.74, 6) is -1.50. The SMILES string of the molecule is CCCC(NC(=O)OCC1c2ccccc2-c2ccccc21)C(=O)N[C@@H](CC(=O)O)C(C)C. The van der Waals surface area contributed by atoms with Crippen LogP contribution in [0.5, 0.6) is 0 Å². The molecule has 3 N–H and O–H groups in total. The number of aliphatic carboxylic acids is 1. The van der Waals surface area contributed by atoms with Crippen molar-refractivity contribution in [2.24, 2.45) is 5.92 Å². The first-order valence-corrected chi connectivity index (χ1v) is 11.5. The molecule has 3 rings (SSSR count). The van der Waals surface area contributed by atoms with Gasteiger partial charge >= 0.3 is 12.1 Å². The van der Waals surface area contributed by atoms with Crippen LogP contribution in [-0.4, -0.2) is 41.8 Å². The van der Waals surface area contributed by atoms with Crippen molar-refractivity contribution in [2.75, 3.05) is 6.61 Å². The zero-order chi connectivity index (χ0) is 24.0. The molecule has 33 heavy (non-hydrogen) atoms. The molecular formula is C26H32N2O5. The number of carboxylic acid groups (broad SMARTS) is 1. The number of carboxylic acids is 1. The lowest BCUT2D eigenvalue weighted by molar-refractivity contribution is -0.138. The molecule has 2 aromatic rings. The van der Waals surface area contributed by atoms with Crippen molar-refractivity contribution in [3.8, 4) is 11.1 Å². The van der Waals surface area contributed by atoms with Gasteiger partial charge in [-0.2, -0.15) is 0 Å². The van der Waals surface area contributed by atoms with E-state index in [2.05, 4.69) is 22.8 Å². The van der Waals surface area contributed by atoms with E-state index >= 15 is 0 Å². The van der Waals surface area contributed by atoms with Gasteiger partial charge in [0.1, 0.15) is 12.6 Å². The highest BCUT2D eigenvalue weighted by atomic mass is 16.5. The maximum absolute atomic E-state index is 12.8. The highest BCUT2D eigenvalue weighted by Crippen LogP contribution is 2.44. The summed E-state index contributed by atoms with van der Waals surface area (Å²) >= 11 is 0. The van der Waals surface area contributed by atoms with Gasteiger partial charge < -0.3 is 20.5 Å². The number of hydrogen-bond donors (Lipinski definition) is 3. The van der Waals surface area contributed by atoms with Gasteiger partial charge in [0.05, 0.1) is 6.42 Å². The summed E-state index contributed by atoms with van der Waals surface area (Å²) in [6, 6.07) is 14.9. The van der Waals surface area contributed by atoms with Gasteiger partial charge in [0.2, 0.25) is 5.91 Å². The van der Waals surface area contributed by atoms with Gasteiger partial charge in [-0.1, -0.05) is 75.7 Å². The quantitative estimate of drug-likeness (QED) is 0.498. The monoisotopic (exact) mass is 452 g/mol. The van der Waals surface area contributed by atoms with E-state index < -0.39 is 30.1 Å². The van der Waals surface area contributed by atoms with Crippen LogP contribution < -0.4 is 10.6 Å². The van der Waals surface area contributed by atoms with Gasteiger partial charge in [-0.05, 0) is 34.6 Å². The van der Waals surface area contributed by atoms with Crippen LogP contribution in [0.2, 0.25) is 0 Å². The maximum atomic E-state index is 12.8. The number of carbonyl (C=O) groups excluding carboxylic acids is 2. The normalized spacial score (nSPS) is 14.2. The van der Waals surface area contributed by atoms with Gasteiger partial charge in [0, 0.05) is 12.0 Å². The fourth-order valence-corrected chi connectivity index (χ4v) is 4.26. The Morgan fingerprint density at radius 1 is 0.970 bits per heavy atom. The first kappa shape index (κ1) is 24.3. The van der Waals surface area contributed by atoms with Crippen LogP contribution >= 0.6 is 0 Å². The molecule has 2 atom stereocenters. The molecule has 7 nitrogen and oxygen atoms in total. The van der Waals surface area contributed by atoms with E-state index in [4.69, 9.17) is 9.84 Å². The smallest absolute Gasteiger partial charge is 0.407 e.